The Hall–Kier alpha value is -1.42. The summed E-state index contributed by atoms with van der Waals surface area (Å²) in [6.45, 7) is 0.405. The molecule has 3 N–H and O–H groups in total. The number of carbonyl (C=O) groups is 1. The lowest BCUT2D eigenvalue weighted by Gasteiger charge is -2.24. The lowest BCUT2D eigenvalue weighted by Crippen LogP contribution is -2.35. The molecule has 4 nitrogen and oxygen atoms in total. The predicted molar refractivity (Wildman–Crippen MR) is 57.7 cm³/mol. The van der Waals surface area contributed by atoms with Crippen LogP contribution in [0.2, 0.25) is 5.02 Å². The molecule has 0 aliphatic carbocycles. The lowest BCUT2D eigenvalue weighted by molar-refractivity contribution is 0.115. The zero-order chi connectivity index (χ0) is 10.8. The largest absolute Gasteiger partial charge is 0.449 e. The summed E-state index contributed by atoms with van der Waals surface area (Å²) in [6, 6.07) is 5.12. The van der Waals surface area contributed by atoms with Gasteiger partial charge < -0.3 is 15.8 Å². The van der Waals surface area contributed by atoms with E-state index in [-0.39, 0.29) is 6.04 Å². The number of nitrogen functional groups attached to an aromatic ring is 1. The fraction of sp³-hybridized carbons (Fsp3) is 0.300. The van der Waals surface area contributed by atoms with Gasteiger partial charge in [-0.25, -0.2) is 4.79 Å². The molecule has 1 atom stereocenters. The molecular formula is C10H11ClN2O2. The number of alkyl carbamates (subject to hydrolysis) is 1. The van der Waals surface area contributed by atoms with Crippen LogP contribution in [0.4, 0.5) is 10.5 Å². The van der Waals surface area contributed by atoms with Gasteiger partial charge in [0.2, 0.25) is 0 Å². The topological polar surface area (TPSA) is 64.3 Å². The van der Waals surface area contributed by atoms with Crippen molar-refractivity contribution in [2.45, 2.75) is 12.5 Å². The lowest BCUT2D eigenvalue weighted by atomic mass is 10.0. The molecule has 2 rings (SSSR count). The quantitative estimate of drug-likeness (QED) is 0.721. The van der Waals surface area contributed by atoms with E-state index in [2.05, 4.69) is 5.32 Å². The molecule has 0 radical (unpaired) electrons. The average molecular weight is 227 g/mol. The third-order valence-electron chi connectivity index (χ3n) is 2.36. The van der Waals surface area contributed by atoms with Gasteiger partial charge in [0, 0.05) is 17.1 Å². The first-order chi connectivity index (χ1) is 7.16. The minimum absolute atomic E-state index is 0.107. The smallest absolute Gasteiger partial charge is 0.407 e. The molecule has 0 bridgehead atoms. The number of halogens is 1. The maximum atomic E-state index is 11.0. The summed E-state index contributed by atoms with van der Waals surface area (Å²) in [5, 5.41) is 3.31. The molecule has 5 heteroatoms. The van der Waals surface area contributed by atoms with Gasteiger partial charge in [0.15, 0.2) is 0 Å². The number of nitrogens with one attached hydrogen (secondary N) is 1. The minimum atomic E-state index is -0.411. The Bertz CT molecular complexity index is 395. The van der Waals surface area contributed by atoms with Crippen molar-refractivity contribution in [1.82, 2.24) is 5.32 Å². The fourth-order valence-electron chi connectivity index (χ4n) is 1.61. The van der Waals surface area contributed by atoms with Crippen LogP contribution in [-0.2, 0) is 4.74 Å². The van der Waals surface area contributed by atoms with E-state index in [1.54, 1.807) is 18.2 Å². The van der Waals surface area contributed by atoms with Gasteiger partial charge in [-0.05, 0) is 23.8 Å². The minimum Gasteiger partial charge on any atom is -0.449 e. The Morgan fingerprint density at radius 3 is 3.07 bits per heavy atom. The first-order valence-electron chi connectivity index (χ1n) is 4.65. The highest BCUT2D eigenvalue weighted by Gasteiger charge is 2.22. The summed E-state index contributed by atoms with van der Waals surface area (Å²) < 4.78 is 4.78. The number of ether oxygens (including phenoxy) is 1. The van der Waals surface area contributed by atoms with Crippen molar-refractivity contribution in [3.63, 3.8) is 0 Å². The van der Waals surface area contributed by atoms with Gasteiger partial charge in [0.05, 0.1) is 12.6 Å². The number of anilines is 1. The Balaban J connectivity index is 2.27. The molecule has 1 aromatic carbocycles. The monoisotopic (exact) mass is 226 g/mol. The van der Waals surface area contributed by atoms with Crippen molar-refractivity contribution in [3.05, 3.63) is 28.8 Å². The zero-order valence-corrected chi connectivity index (χ0v) is 8.75. The maximum Gasteiger partial charge on any atom is 0.407 e. The van der Waals surface area contributed by atoms with E-state index in [0.717, 1.165) is 5.56 Å². The summed E-state index contributed by atoms with van der Waals surface area (Å²) in [4.78, 5) is 11.0. The number of cyclic esters (lactones) is 1. The van der Waals surface area contributed by atoms with Crippen LogP contribution in [0.15, 0.2) is 18.2 Å². The van der Waals surface area contributed by atoms with Crippen LogP contribution in [0.5, 0.6) is 0 Å². The molecule has 0 aromatic heterocycles. The molecule has 0 saturated carbocycles. The van der Waals surface area contributed by atoms with Crippen LogP contribution in [0.3, 0.4) is 0 Å². The Labute approximate surface area is 92.4 Å². The van der Waals surface area contributed by atoms with Crippen molar-refractivity contribution in [2.75, 3.05) is 12.3 Å². The van der Waals surface area contributed by atoms with E-state index in [4.69, 9.17) is 22.1 Å². The SMILES string of the molecule is Nc1ccc(Cl)cc1[C@H]1CCOC(=O)N1. The van der Waals surface area contributed by atoms with Gasteiger partial charge in [-0.2, -0.15) is 0 Å². The standard InChI is InChI=1S/C10H11ClN2O2/c11-6-1-2-8(12)7(5-6)9-3-4-15-10(14)13-9/h1-2,5,9H,3-4,12H2,(H,13,14)/t9-/m1/s1. The predicted octanol–water partition coefficient (Wildman–Crippen LogP) is 2.09. The van der Waals surface area contributed by atoms with Crippen molar-refractivity contribution < 1.29 is 9.53 Å². The van der Waals surface area contributed by atoms with Crippen LogP contribution in [-0.4, -0.2) is 12.7 Å². The van der Waals surface area contributed by atoms with Gasteiger partial charge in [-0.3, -0.25) is 0 Å². The Morgan fingerprint density at radius 1 is 1.53 bits per heavy atom. The second kappa shape index (κ2) is 3.98. The number of benzene rings is 1. The van der Waals surface area contributed by atoms with Gasteiger partial charge in [-0.1, -0.05) is 11.6 Å². The number of amides is 1. The molecule has 80 valence electrons. The van der Waals surface area contributed by atoms with Crippen molar-refractivity contribution in [3.8, 4) is 0 Å². The second-order valence-corrected chi connectivity index (χ2v) is 3.83. The van der Waals surface area contributed by atoms with E-state index in [9.17, 15) is 4.79 Å². The maximum absolute atomic E-state index is 11.0. The number of hydrogen-bond donors (Lipinski definition) is 2. The van der Waals surface area contributed by atoms with Gasteiger partial charge in [0.25, 0.3) is 0 Å². The highest BCUT2D eigenvalue weighted by atomic mass is 35.5. The Morgan fingerprint density at radius 2 is 2.33 bits per heavy atom. The molecule has 0 unspecified atom stereocenters. The number of nitrogens with two attached hydrogens (primary N) is 1. The number of rotatable bonds is 1. The third kappa shape index (κ3) is 2.15. The first-order valence-corrected chi connectivity index (χ1v) is 5.03. The fourth-order valence-corrected chi connectivity index (χ4v) is 1.79. The average Bonchev–Trinajstić information content (AvgIpc) is 2.22. The van der Waals surface area contributed by atoms with Crippen LogP contribution in [0.1, 0.15) is 18.0 Å². The third-order valence-corrected chi connectivity index (χ3v) is 2.59. The van der Waals surface area contributed by atoms with Crippen molar-refractivity contribution in [2.24, 2.45) is 0 Å². The Kier molecular flexibility index (Phi) is 2.68. The molecule has 1 heterocycles. The normalized spacial score (nSPS) is 20.6. The summed E-state index contributed by atoms with van der Waals surface area (Å²) in [5.74, 6) is 0. The molecule has 0 spiro atoms. The summed E-state index contributed by atoms with van der Waals surface area (Å²) in [6.07, 6.45) is 0.293. The molecule has 1 saturated heterocycles. The molecular weight excluding hydrogens is 216 g/mol. The number of hydrogen-bond acceptors (Lipinski definition) is 3. The summed E-state index contributed by atoms with van der Waals surface area (Å²) >= 11 is 5.87. The van der Waals surface area contributed by atoms with Crippen molar-refractivity contribution in [1.29, 1.82) is 0 Å². The second-order valence-electron chi connectivity index (χ2n) is 3.39. The van der Waals surface area contributed by atoms with E-state index in [1.807, 2.05) is 0 Å². The summed E-state index contributed by atoms with van der Waals surface area (Å²) in [7, 11) is 0. The molecule has 1 fully saturated rings. The molecule has 1 amide bonds. The van der Waals surface area contributed by atoms with Gasteiger partial charge in [0.1, 0.15) is 0 Å². The van der Waals surface area contributed by atoms with Crippen molar-refractivity contribution >= 4 is 23.4 Å². The van der Waals surface area contributed by atoms with Crippen LogP contribution >= 0.6 is 11.6 Å². The van der Waals surface area contributed by atoms with E-state index in [1.165, 1.54) is 0 Å². The zero-order valence-electron chi connectivity index (χ0n) is 8.00. The molecule has 1 aromatic rings. The van der Waals surface area contributed by atoms with E-state index in [0.29, 0.717) is 23.7 Å². The van der Waals surface area contributed by atoms with Crippen LogP contribution in [0, 0.1) is 0 Å². The van der Waals surface area contributed by atoms with E-state index >= 15 is 0 Å². The molecule has 1 aliphatic heterocycles. The highest BCUT2D eigenvalue weighted by molar-refractivity contribution is 6.30. The van der Waals surface area contributed by atoms with E-state index < -0.39 is 6.09 Å². The summed E-state index contributed by atoms with van der Waals surface area (Å²) in [5.41, 5.74) is 7.29. The number of carbonyl (C=O) groups excluding carboxylic acids is 1. The van der Waals surface area contributed by atoms with Crippen LogP contribution < -0.4 is 11.1 Å². The molecule has 1 aliphatic rings. The van der Waals surface area contributed by atoms with Crippen LogP contribution in [0.25, 0.3) is 0 Å². The van der Waals surface area contributed by atoms with Gasteiger partial charge in [-0.15, -0.1) is 0 Å². The molecule has 15 heavy (non-hydrogen) atoms. The first kappa shape index (κ1) is 10.1. The van der Waals surface area contributed by atoms with Gasteiger partial charge >= 0.3 is 6.09 Å². The highest BCUT2D eigenvalue weighted by Crippen LogP contribution is 2.27.